The van der Waals surface area contributed by atoms with Gasteiger partial charge in [0, 0.05) is 45.3 Å². The second kappa shape index (κ2) is 7.22. The molecule has 5 heteroatoms. The van der Waals surface area contributed by atoms with E-state index in [1.807, 2.05) is 0 Å². The Labute approximate surface area is 116 Å². The molecule has 0 saturated carbocycles. The van der Waals surface area contributed by atoms with Crippen LogP contribution in [0.2, 0.25) is 0 Å². The zero-order valence-electron chi connectivity index (χ0n) is 12.3. The molecule has 0 aromatic carbocycles. The van der Waals surface area contributed by atoms with Gasteiger partial charge in [0.15, 0.2) is 0 Å². The number of hydrogen-bond acceptors (Lipinski definition) is 4. The number of nitrogens with one attached hydrogen (secondary N) is 2. The quantitative estimate of drug-likeness (QED) is 0.721. The lowest BCUT2D eigenvalue weighted by Gasteiger charge is -2.37. The molecule has 0 radical (unpaired) electrons. The molecule has 1 unspecified atom stereocenters. The van der Waals surface area contributed by atoms with Crippen molar-refractivity contribution in [1.29, 1.82) is 0 Å². The van der Waals surface area contributed by atoms with Crippen LogP contribution in [0.15, 0.2) is 0 Å². The molecule has 2 aliphatic heterocycles. The third-order valence-electron chi connectivity index (χ3n) is 4.03. The van der Waals surface area contributed by atoms with Crippen LogP contribution in [-0.4, -0.2) is 74.1 Å². The summed E-state index contributed by atoms with van der Waals surface area (Å²) in [5.74, 6) is 0.695. The predicted molar refractivity (Wildman–Crippen MR) is 77.1 cm³/mol. The maximum atomic E-state index is 11.8. The Morgan fingerprint density at radius 3 is 2.63 bits per heavy atom. The molecule has 5 nitrogen and oxygen atoms in total. The summed E-state index contributed by atoms with van der Waals surface area (Å²) in [6, 6.07) is 0.719. The molecule has 0 bridgehead atoms. The molecule has 2 fully saturated rings. The first-order valence-corrected chi connectivity index (χ1v) is 7.59. The number of nitrogens with zero attached hydrogens (tertiary/aromatic N) is 2. The van der Waals surface area contributed by atoms with E-state index in [0.717, 1.165) is 51.9 Å². The predicted octanol–water partition coefficient (Wildman–Crippen LogP) is -0.262. The molecule has 2 aliphatic rings. The summed E-state index contributed by atoms with van der Waals surface area (Å²) in [6.45, 7) is 12.1. The molecule has 2 saturated heterocycles. The molecular weight excluding hydrogens is 240 g/mol. The first kappa shape index (κ1) is 14.8. The van der Waals surface area contributed by atoms with Gasteiger partial charge in [0.1, 0.15) is 0 Å². The molecule has 0 aliphatic carbocycles. The summed E-state index contributed by atoms with van der Waals surface area (Å²) in [5, 5.41) is 6.41. The molecule has 19 heavy (non-hydrogen) atoms. The van der Waals surface area contributed by atoms with Crippen molar-refractivity contribution in [3.8, 4) is 0 Å². The summed E-state index contributed by atoms with van der Waals surface area (Å²) in [7, 11) is 0. The zero-order valence-corrected chi connectivity index (χ0v) is 12.3. The Bertz CT molecular complexity index is 281. The lowest BCUT2D eigenvalue weighted by molar-refractivity contribution is -0.122. The maximum absolute atomic E-state index is 11.8. The first-order chi connectivity index (χ1) is 9.15. The van der Waals surface area contributed by atoms with Crippen LogP contribution in [0.25, 0.3) is 0 Å². The van der Waals surface area contributed by atoms with E-state index in [2.05, 4.69) is 34.3 Å². The van der Waals surface area contributed by atoms with Crippen molar-refractivity contribution in [2.45, 2.75) is 26.3 Å². The van der Waals surface area contributed by atoms with E-state index in [4.69, 9.17) is 0 Å². The van der Waals surface area contributed by atoms with Gasteiger partial charge in [0.25, 0.3) is 0 Å². The molecule has 0 aromatic rings. The largest absolute Gasteiger partial charge is 0.355 e. The number of carbonyl (C=O) groups excluding carboxylic acids is 1. The van der Waals surface area contributed by atoms with Crippen LogP contribution in [-0.2, 0) is 4.79 Å². The van der Waals surface area contributed by atoms with Crippen molar-refractivity contribution in [2.75, 3.05) is 52.4 Å². The summed E-state index contributed by atoms with van der Waals surface area (Å²) in [4.78, 5) is 16.6. The number of rotatable bonds is 5. The average molecular weight is 268 g/mol. The molecule has 2 rings (SSSR count). The van der Waals surface area contributed by atoms with Gasteiger partial charge in [-0.15, -0.1) is 0 Å². The van der Waals surface area contributed by atoms with Crippen molar-refractivity contribution in [3.05, 3.63) is 0 Å². The third-order valence-corrected chi connectivity index (χ3v) is 4.03. The highest BCUT2D eigenvalue weighted by molar-refractivity contribution is 5.78. The average Bonchev–Trinajstić information content (AvgIpc) is 2.91. The van der Waals surface area contributed by atoms with Crippen LogP contribution in [0, 0.1) is 5.92 Å². The number of hydrogen-bond donors (Lipinski definition) is 2. The van der Waals surface area contributed by atoms with Gasteiger partial charge in [-0.3, -0.25) is 14.6 Å². The van der Waals surface area contributed by atoms with Gasteiger partial charge in [-0.25, -0.2) is 0 Å². The minimum absolute atomic E-state index is 0.171. The number of amides is 1. The van der Waals surface area contributed by atoms with Gasteiger partial charge < -0.3 is 10.6 Å². The van der Waals surface area contributed by atoms with E-state index in [0.29, 0.717) is 12.5 Å². The lowest BCUT2D eigenvalue weighted by atomic mass is 10.2. The van der Waals surface area contributed by atoms with Crippen LogP contribution < -0.4 is 10.6 Å². The van der Waals surface area contributed by atoms with Crippen molar-refractivity contribution >= 4 is 5.91 Å². The monoisotopic (exact) mass is 268 g/mol. The highest BCUT2D eigenvalue weighted by Crippen LogP contribution is 2.11. The van der Waals surface area contributed by atoms with E-state index in [-0.39, 0.29) is 5.91 Å². The Balaban J connectivity index is 1.64. The van der Waals surface area contributed by atoms with E-state index in [9.17, 15) is 4.79 Å². The van der Waals surface area contributed by atoms with Crippen molar-refractivity contribution in [1.82, 2.24) is 20.4 Å². The lowest BCUT2D eigenvalue weighted by Crippen LogP contribution is -2.52. The Hall–Kier alpha value is -0.650. The van der Waals surface area contributed by atoms with E-state index in [1.165, 1.54) is 6.42 Å². The van der Waals surface area contributed by atoms with Gasteiger partial charge in [0.2, 0.25) is 5.91 Å². The van der Waals surface area contributed by atoms with Gasteiger partial charge in [0.05, 0.1) is 6.54 Å². The SMILES string of the molecule is CC(C)CNC(=O)CN1CCN(C2CCNC2)CC1. The number of piperazine rings is 1. The molecule has 1 atom stereocenters. The van der Waals surface area contributed by atoms with Crippen LogP contribution in [0.3, 0.4) is 0 Å². The molecule has 2 heterocycles. The molecular formula is C14H28N4O. The number of carbonyl (C=O) groups is 1. The van der Waals surface area contributed by atoms with Gasteiger partial charge in [-0.1, -0.05) is 13.8 Å². The van der Waals surface area contributed by atoms with Crippen LogP contribution in [0.4, 0.5) is 0 Å². The van der Waals surface area contributed by atoms with Crippen LogP contribution in [0.5, 0.6) is 0 Å². The van der Waals surface area contributed by atoms with Crippen LogP contribution in [0.1, 0.15) is 20.3 Å². The molecule has 110 valence electrons. The minimum atomic E-state index is 0.171. The molecule has 0 spiro atoms. The Morgan fingerprint density at radius 1 is 1.32 bits per heavy atom. The maximum Gasteiger partial charge on any atom is 0.234 e. The van der Waals surface area contributed by atoms with Crippen LogP contribution >= 0.6 is 0 Å². The minimum Gasteiger partial charge on any atom is -0.355 e. The van der Waals surface area contributed by atoms with E-state index >= 15 is 0 Å². The fraction of sp³-hybridized carbons (Fsp3) is 0.929. The van der Waals surface area contributed by atoms with E-state index in [1.54, 1.807) is 0 Å². The summed E-state index contributed by atoms with van der Waals surface area (Å²) in [6.07, 6.45) is 1.27. The van der Waals surface area contributed by atoms with E-state index < -0.39 is 0 Å². The molecule has 2 N–H and O–H groups in total. The second-order valence-electron chi connectivity index (χ2n) is 6.16. The summed E-state index contributed by atoms with van der Waals surface area (Å²) >= 11 is 0. The molecule has 1 amide bonds. The topological polar surface area (TPSA) is 47.6 Å². The van der Waals surface area contributed by atoms with Crippen molar-refractivity contribution in [2.24, 2.45) is 5.92 Å². The Kier molecular flexibility index (Phi) is 5.60. The molecule has 0 aromatic heterocycles. The fourth-order valence-corrected chi connectivity index (χ4v) is 2.81. The van der Waals surface area contributed by atoms with Crippen molar-refractivity contribution in [3.63, 3.8) is 0 Å². The standard InChI is InChI=1S/C14H28N4O/c1-12(2)9-16-14(19)11-17-5-7-18(8-6-17)13-3-4-15-10-13/h12-13,15H,3-11H2,1-2H3,(H,16,19). The highest BCUT2D eigenvalue weighted by Gasteiger charge is 2.26. The first-order valence-electron chi connectivity index (χ1n) is 7.59. The van der Waals surface area contributed by atoms with Gasteiger partial charge >= 0.3 is 0 Å². The highest BCUT2D eigenvalue weighted by atomic mass is 16.2. The third kappa shape index (κ3) is 4.75. The fourth-order valence-electron chi connectivity index (χ4n) is 2.81. The van der Waals surface area contributed by atoms with Gasteiger partial charge in [-0.05, 0) is 18.9 Å². The Morgan fingerprint density at radius 2 is 2.05 bits per heavy atom. The second-order valence-corrected chi connectivity index (χ2v) is 6.16. The zero-order chi connectivity index (χ0) is 13.7. The summed E-state index contributed by atoms with van der Waals surface area (Å²) < 4.78 is 0. The van der Waals surface area contributed by atoms with Gasteiger partial charge in [-0.2, -0.15) is 0 Å². The smallest absolute Gasteiger partial charge is 0.234 e. The van der Waals surface area contributed by atoms with Crippen molar-refractivity contribution < 1.29 is 4.79 Å². The summed E-state index contributed by atoms with van der Waals surface area (Å²) in [5.41, 5.74) is 0. The normalized spacial score (nSPS) is 25.9.